The fourth-order valence-electron chi connectivity index (χ4n) is 2.96. The summed E-state index contributed by atoms with van der Waals surface area (Å²) < 4.78 is 5.94. The molecule has 0 saturated heterocycles. The van der Waals surface area contributed by atoms with Crippen LogP contribution in [0.5, 0.6) is 0 Å². The summed E-state index contributed by atoms with van der Waals surface area (Å²) in [7, 11) is 0. The minimum Gasteiger partial charge on any atom is -0.378 e. The van der Waals surface area contributed by atoms with Crippen LogP contribution in [0.4, 0.5) is 0 Å². The molecule has 0 aliphatic heterocycles. The van der Waals surface area contributed by atoms with Gasteiger partial charge >= 0.3 is 0 Å². The van der Waals surface area contributed by atoms with E-state index in [1.54, 1.807) is 0 Å². The number of rotatable bonds is 16. The van der Waals surface area contributed by atoms with Crippen LogP contribution in [-0.4, -0.2) is 12.7 Å². The monoisotopic (exact) mass is 298 g/mol. The molecule has 0 aromatic heterocycles. The van der Waals surface area contributed by atoms with Crippen molar-refractivity contribution in [2.24, 2.45) is 5.92 Å². The molecule has 0 N–H and O–H groups in total. The maximum absolute atomic E-state index is 5.94. The molecule has 0 radical (unpaired) electrons. The average molecular weight is 299 g/mol. The molecule has 128 valence electrons. The molecule has 0 spiro atoms. The van der Waals surface area contributed by atoms with Crippen molar-refractivity contribution in [2.75, 3.05) is 6.61 Å². The lowest BCUT2D eigenvalue weighted by Gasteiger charge is -2.19. The first-order chi connectivity index (χ1) is 10.2. The number of hydrogen-bond donors (Lipinski definition) is 0. The van der Waals surface area contributed by atoms with Gasteiger partial charge in [0.15, 0.2) is 0 Å². The predicted molar refractivity (Wildman–Crippen MR) is 95.9 cm³/mol. The zero-order valence-corrected chi connectivity index (χ0v) is 15.5. The molecular weight excluding hydrogens is 256 g/mol. The molecule has 0 amide bonds. The van der Waals surface area contributed by atoms with E-state index in [0.717, 1.165) is 13.0 Å². The van der Waals surface area contributed by atoms with E-state index in [-0.39, 0.29) is 0 Å². The van der Waals surface area contributed by atoms with Crippen molar-refractivity contribution in [3.05, 3.63) is 0 Å². The third kappa shape index (κ3) is 14.7. The highest BCUT2D eigenvalue weighted by Crippen LogP contribution is 2.13. The van der Waals surface area contributed by atoms with Gasteiger partial charge in [-0.15, -0.1) is 0 Å². The summed E-state index contributed by atoms with van der Waals surface area (Å²) in [4.78, 5) is 0. The number of hydrogen-bond acceptors (Lipinski definition) is 1. The molecule has 0 aliphatic carbocycles. The Morgan fingerprint density at radius 1 is 0.619 bits per heavy atom. The highest BCUT2D eigenvalue weighted by Gasteiger charge is 2.10. The molecule has 0 fully saturated rings. The van der Waals surface area contributed by atoms with Crippen LogP contribution in [0.2, 0.25) is 0 Å². The zero-order valence-electron chi connectivity index (χ0n) is 15.5. The summed E-state index contributed by atoms with van der Waals surface area (Å²) in [6.07, 6.45) is 18.6. The Labute approximate surface area is 135 Å². The van der Waals surface area contributed by atoms with Crippen LogP contribution in [0.15, 0.2) is 0 Å². The van der Waals surface area contributed by atoms with Crippen LogP contribution < -0.4 is 0 Å². The van der Waals surface area contributed by atoms with Gasteiger partial charge in [-0.1, -0.05) is 98.3 Å². The van der Waals surface area contributed by atoms with E-state index < -0.39 is 0 Å². The van der Waals surface area contributed by atoms with Crippen LogP contribution in [0.1, 0.15) is 111 Å². The Bertz CT molecular complexity index is 188. The van der Waals surface area contributed by atoms with Crippen molar-refractivity contribution in [1.82, 2.24) is 0 Å². The lowest BCUT2D eigenvalue weighted by molar-refractivity contribution is 0.0179. The zero-order chi connectivity index (χ0) is 15.8. The predicted octanol–water partition coefficient (Wildman–Crippen LogP) is 7.14. The van der Waals surface area contributed by atoms with Crippen LogP contribution in [0, 0.1) is 5.92 Å². The minimum absolute atomic E-state index is 0.470. The first-order valence-corrected chi connectivity index (χ1v) is 9.83. The SMILES string of the molecule is CCCCCCCCCCCCCCOC(CC)C(C)C. The summed E-state index contributed by atoms with van der Waals surface area (Å²) in [5, 5.41) is 0. The van der Waals surface area contributed by atoms with Gasteiger partial charge in [-0.3, -0.25) is 0 Å². The van der Waals surface area contributed by atoms with Gasteiger partial charge < -0.3 is 4.74 Å². The molecule has 0 saturated carbocycles. The van der Waals surface area contributed by atoms with Gasteiger partial charge in [0, 0.05) is 6.61 Å². The summed E-state index contributed by atoms with van der Waals surface area (Å²) in [6.45, 7) is 10.0. The smallest absolute Gasteiger partial charge is 0.0595 e. The van der Waals surface area contributed by atoms with Crippen LogP contribution >= 0.6 is 0 Å². The molecule has 0 heterocycles. The molecule has 0 aromatic rings. The van der Waals surface area contributed by atoms with Crippen molar-refractivity contribution in [2.45, 2.75) is 117 Å². The fourth-order valence-corrected chi connectivity index (χ4v) is 2.96. The topological polar surface area (TPSA) is 9.23 Å². The van der Waals surface area contributed by atoms with Crippen molar-refractivity contribution in [3.8, 4) is 0 Å². The Balaban J connectivity index is 3.12. The third-order valence-corrected chi connectivity index (χ3v) is 4.48. The Hall–Kier alpha value is -0.0400. The molecule has 21 heavy (non-hydrogen) atoms. The van der Waals surface area contributed by atoms with E-state index in [1.807, 2.05) is 0 Å². The molecule has 1 heteroatoms. The Kier molecular flexibility index (Phi) is 16.3. The second kappa shape index (κ2) is 16.3. The van der Waals surface area contributed by atoms with Gasteiger partial charge in [-0.05, 0) is 18.8 Å². The van der Waals surface area contributed by atoms with E-state index in [9.17, 15) is 0 Å². The van der Waals surface area contributed by atoms with Gasteiger partial charge in [0.05, 0.1) is 6.10 Å². The maximum atomic E-state index is 5.94. The van der Waals surface area contributed by atoms with Gasteiger partial charge in [-0.2, -0.15) is 0 Å². The summed E-state index contributed by atoms with van der Waals surface area (Å²) in [5.41, 5.74) is 0. The fraction of sp³-hybridized carbons (Fsp3) is 1.00. The van der Waals surface area contributed by atoms with E-state index in [2.05, 4.69) is 27.7 Å². The minimum atomic E-state index is 0.470. The second-order valence-corrected chi connectivity index (χ2v) is 6.95. The normalized spacial score (nSPS) is 13.0. The maximum Gasteiger partial charge on any atom is 0.0595 e. The molecule has 0 aliphatic rings. The molecule has 0 aromatic carbocycles. The van der Waals surface area contributed by atoms with E-state index in [0.29, 0.717) is 12.0 Å². The first kappa shape index (κ1) is 21.0. The van der Waals surface area contributed by atoms with Crippen molar-refractivity contribution < 1.29 is 4.74 Å². The molecule has 0 rings (SSSR count). The van der Waals surface area contributed by atoms with Gasteiger partial charge in [0.25, 0.3) is 0 Å². The van der Waals surface area contributed by atoms with Crippen LogP contribution in [-0.2, 0) is 4.74 Å². The second-order valence-electron chi connectivity index (χ2n) is 6.95. The molecular formula is C20H42O. The van der Waals surface area contributed by atoms with Crippen molar-refractivity contribution in [3.63, 3.8) is 0 Å². The molecule has 1 unspecified atom stereocenters. The van der Waals surface area contributed by atoms with Gasteiger partial charge in [-0.25, -0.2) is 0 Å². The van der Waals surface area contributed by atoms with Crippen LogP contribution in [0.25, 0.3) is 0 Å². The number of ether oxygens (including phenoxy) is 1. The molecule has 1 atom stereocenters. The molecule has 1 nitrogen and oxygen atoms in total. The van der Waals surface area contributed by atoms with Gasteiger partial charge in [0.2, 0.25) is 0 Å². The number of unbranched alkanes of at least 4 members (excludes halogenated alkanes) is 11. The van der Waals surface area contributed by atoms with Crippen LogP contribution in [0.3, 0.4) is 0 Å². The standard InChI is InChI=1S/C20H42O/c1-5-7-8-9-10-11-12-13-14-15-16-17-18-21-20(6-2)19(3)4/h19-20H,5-18H2,1-4H3. The lowest BCUT2D eigenvalue weighted by Crippen LogP contribution is -2.19. The Morgan fingerprint density at radius 2 is 1.05 bits per heavy atom. The quantitative estimate of drug-likeness (QED) is 0.275. The van der Waals surface area contributed by atoms with Crippen molar-refractivity contribution in [1.29, 1.82) is 0 Å². The third-order valence-electron chi connectivity index (χ3n) is 4.48. The molecule has 0 bridgehead atoms. The highest BCUT2D eigenvalue weighted by atomic mass is 16.5. The van der Waals surface area contributed by atoms with E-state index in [4.69, 9.17) is 4.74 Å². The van der Waals surface area contributed by atoms with E-state index >= 15 is 0 Å². The van der Waals surface area contributed by atoms with E-state index in [1.165, 1.54) is 77.0 Å². The summed E-state index contributed by atoms with van der Waals surface area (Å²) in [5.74, 6) is 0.660. The summed E-state index contributed by atoms with van der Waals surface area (Å²) in [6, 6.07) is 0. The van der Waals surface area contributed by atoms with Crippen molar-refractivity contribution >= 4 is 0 Å². The van der Waals surface area contributed by atoms with Gasteiger partial charge in [0.1, 0.15) is 0 Å². The highest BCUT2D eigenvalue weighted by molar-refractivity contribution is 4.59. The average Bonchev–Trinajstić information content (AvgIpc) is 2.47. The summed E-state index contributed by atoms with van der Waals surface area (Å²) >= 11 is 0. The first-order valence-electron chi connectivity index (χ1n) is 9.83. The Morgan fingerprint density at radius 3 is 1.43 bits per heavy atom. The largest absolute Gasteiger partial charge is 0.378 e. The lowest BCUT2D eigenvalue weighted by atomic mass is 10.0.